The molecule has 1 atom stereocenters. The lowest BCUT2D eigenvalue weighted by molar-refractivity contribution is -0.127. The summed E-state index contributed by atoms with van der Waals surface area (Å²) in [6, 6.07) is 7.32. The fourth-order valence-electron chi connectivity index (χ4n) is 2.44. The summed E-state index contributed by atoms with van der Waals surface area (Å²) in [5, 5.41) is 6.19. The van der Waals surface area contributed by atoms with Crippen molar-refractivity contribution in [1.82, 2.24) is 15.5 Å². The lowest BCUT2D eigenvalue weighted by Gasteiger charge is -2.17. The number of carbonyl (C=O) groups excluding carboxylic acids is 2. The van der Waals surface area contributed by atoms with Crippen LogP contribution in [-0.2, 0) is 11.2 Å². The van der Waals surface area contributed by atoms with Crippen LogP contribution in [0.4, 0.5) is 4.79 Å². The van der Waals surface area contributed by atoms with E-state index in [1.165, 1.54) is 0 Å². The second-order valence-corrected chi connectivity index (χ2v) is 5.56. The number of hydrogen-bond acceptors (Lipinski definition) is 2. The molecule has 1 heterocycles. The molecular weight excluding hydrogens is 290 g/mol. The van der Waals surface area contributed by atoms with Gasteiger partial charge in [-0.2, -0.15) is 0 Å². The summed E-state index contributed by atoms with van der Waals surface area (Å²) < 4.78 is 0. The molecule has 1 aromatic rings. The molecule has 6 heteroatoms. The molecule has 1 saturated heterocycles. The molecule has 1 aliphatic heterocycles. The third kappa shape index (κ3) is 4.63. The van der Waals surface area contributed by atoms with Crippen LogP contribution in [0.25, 0.3) is 0 Å². The number of benzene rings is 1. The summed E-state index contributed by atoms with van der Waals surface area (Å²) in [5.74, 6) is 0.0822. The lowest BCUT2D eigenvalue weighted by Crippen LogP contribution is -2.43. The number of halogens is 1. The van der Waals surface area contributed by atoms with Gasteiger partial charge in [-0.3, -0.25) is 4.79 Å². The van der Waals surface area contributed by atoms with Crippen LogP contribution >= 0.6 is 11.6 Å². The molecular formula is C15H20ClN3O2. The number of carbonyl (C=O) groups is 2. The summed E-state index contributed by atoms with van der Waals surface area (Å²) >= 11 is 5.94. The van der Waals surface area contributed by atoms with Gasteiger partial charge in [0.05, 0.1) is 6.04 Å². The van der Waals surface area contributed by atoms with E-state index in [1.54, 1.807) is 4.90 Å². The first-order valence-electron chi connectivity index (χ1n) is 7.15. The maximum atomic E-state index is 11.9. The van der Waals surface area contributed by atoms with Crippen LogP contribution in [-0.4, -0.2) is 42.5 Å². The molecule has 5 nitrogen and oxygen atoms in total. The van der Waals surface area contributed by atoms with E-state index in [0.29, 0.717) is 31.1 Å². The fourth-order valence-corrected chi connectivity index (χ4v) is 2.65. The Morgan fingerprint density at radius 1 is 1.48 bits per heavy atom. The molecule has 2 rings (SSSR count). The van der Waals surface area contributed by atoms with Gasteiger partial charge < -0.3 is 15.5 Å². The van der Waals surface area contributed by atoms with Crippen LogP contribution in [0, 0.1) is 0 Å². The van der Waals surface area contributed by atoms with Crippen molar-refractivity contribution in [3.8, 4) is 0 Å². The van der Waals surface area contributed by atoms with Crippen LogP contribution in [0.2, 0.25) is 5.02 Å². The van der Waals surface area contributed by atoms with E-state index < -0.39 is 0 Å². The topological polar surface area (TPSA) is 61.4 Å². The number of nitrogens with one attached hydrogen (secondary N) is 2. The van der Waals surface area contributed by atoms with Crippen molar-refractivity contribution >= 4 is 23.5 Å². The highest BCUT2D eigenvalue weighted by molar-refractivity contribution is 6.30. The minimum Gasteiger partial charge on any atom is -0.340 e. The summed E-state index contributed by atoms with van der Waals surface area (Å²) in [4.78, 5) is 25.2. The van der Waals surface area contributed by atoms with Gasteiger partial charge in [0.15, 0.2) is 0 Å². The van der Waals surface area contributed by atoms with E-state index in [2.05, 4.69) is 10.6 Å². The Morgan fingerprint density at radius 2 is 2.29 bits per heavy atom. The Morgan fingerprint density at radius 3 is 3.00 bits per heavy atom. The SMILES string of the molecule is CCNC(=O)NC1CC(=O)N(CCc2cccc(Cl)c2)C1. The summed E-state index contributed by atoms with van der Waals surface area (Å²) in [7, 11) is 0. The van der Waals surface area contributed by atoms with Crippen LogP contribution < -0.4 is 10.6 Å². The maximum Gasteiger partial charge on any atom is 0.315 e. The molecule has 0 bridgehead atoms. The van der Waals surface area contributed by atoms with Gasteiger partial charge in [0, 0.05) is 31.1 Å². The van der Waals surface area contributed by atoms with E-state index in [0.717, 1.165) is 12.0 Å². The van der Waals surface area contributed by atoms with Gasteiger partial charge in [-0.25, -0.2) is 4.79 Å². The normalized spacial score (nSPS) is 17.9. The number of hydrogen-bond donors (Lipinski definition) is 2. The van der Waals surface area contributed by atoms with Crippen LogP contribution in [0.3, 0.4) is 0 Å². The van der Waals surface area contributed by atoms with Crippen molar-refractivity contribution in [3.63, 3.8) is 0 Å². The van der Waals surface area contributed by atoms with Crippen LogP contribution in [0.15, 0.2) is 24.3 Å². The van der Waals surface area contributed by atoms with Crippen molar-refractivity contribution in [3.05, 3.63) is 34.9 Å². The van der Waals surface area contributed by atoms with E-state index in [4.69, 9.17) is 11.6 Å². The third-order valence-corrected chi connectivity index (χ3v) is 3.68. The number of nitrogens with zero attached hydrogens (tertiary/aromatic N) is 1. The zero-order valence-corrected chi connectivity index (χ0v) is 12.8. The zero-order valence-electron chi connectivity index (χ0n) is 12.1. The minimum absolute atomic E-state index is 0.0822. The first kappa shape index (κ1) is 15.6. The molecule has 1 aliphatic rings. The van der Waals surface area contributed by atoms with Crippen molar-refractivity contribution < 1.29 is 9.59 Å². The molecule has 21 heavy (non-hydrogen) atoms. The lowest BCUT2D eigenvalue weighted by atomic mass is 10.1. The average Bonchev–Trinajstić information content (AvgIpc) is 2.77. The highest BCUT2D eigenvalue weighted by Crippen LogP contribution is 2.14. The van der Waals surface area contributed by atoms with Crippen molar-refractivity contribution in [2.24, 2.45) is 0 Å². The summed E-state index contributed by atoms with van der Waals surface area (Å²) in [5.41, 5.74) is 1.11. The Kier molecular flexibility index (Phi) is 5.44. The van der Waals surface area contributed by atoms with Crippen LogP contribution in [0.5, 0.6) is 0 Å². The Balaban J connectivity index is 1.82. The third-order valence-electron chi connectivity index (χ3n) is 3.45. The number of likely N-dealkylation sites (tertiary alicyclic amines) is 1. The van der Waals surface area contributed by atoms with Gasteiger partial charge in [0.1, 0.15) is 0 Å². The van der Waals surface area contributed by atoms with Gasteiger partial charge >= 0.3 is 6.03 Å². The van der Waals surface area contributed by atoms with Gasteiger partial charge in [-0.05, 0) is 31.0 Å². The molecule has 0 saturated carbocycles. The fraction of sp³-hybridized carbons (Fsp3) is 0.467. The van der Waals surface area contributed by atoms with E-state index in [-0.39, 0.29) is 18.0 Å². The molecule has 0 spiro atoms. The van der Waals surface area contributed by atoms with E-state index in [9.17, 15) is 9.59 Å². The van der Waals surface area contributed by atoms with E-state index in [1.807, 2.05) is 31.2 Å². The number of amides is 3. The Bertz CT molecular complexity index is 521. The molecule has 2 N–H and O–H groups in total. The van der Waals surface area contributed by atoms with Gasteiger partial charge in [-0.15, -0.1) is 0 Å². The molecule has 3 amide bonds. The van der Waals surface area contributed by atoms with Gasteiger partial charge in [0.25, 0.3) is 0 Å². The first-order chi connectivity index (χ1) is 10.1. The molecule has 1 fully saturated rings. The maximum absolute atomic E-state index is 11.9. The largest absolute Gasteiger partial charge is 0.340 e. The van der Waals surface area contributed by atoms with Crippen molar-refractivity contribution in [2.45, 2.75) is 25.8 Å². The average molecular weight is 310 g/mol. The summed E-state index contributed by atoms with van der Waals surface area (Å²) in [6.07, 6.45) is 1.13. The standard InChI is InChI=1S/C15H20ClN3O2/c1-2-17-15(21)18-13-9-14(20)19(10-13)7-6-11-4-3-5-12(16)8-11/h3-5,8,13H,2,6-7,9-10H2,1H3,(H2,17,18,21). The molecule has 0 aliphatic carbocycles. The number of rotatable bonds is 5. The molecule has 114 valence electrons. The summed E-state index contributed by atoms with van der Waals surface area (Å²) in [6.45, 7) is 3.64. The van der Waals surface area contributed by atoms with Crippen molar-refractivity contribution in [1.29, 1.82) is 0 Å². The first-order valence-corrected chi connectivity index (χ1v) is 7.53. The Labute approximate surface area is 129 Å². The molecule has 0 radical (unpaired) electrons. The predicted molar refractivity (Wildman–Crippen MR) is 82.3 cm³/mol. The van der Waals surface area contributed by atoms with Gasteiger partial charge in [-0.1, -0.05) is 23.7 Å². The molecule has 1 aromatic carbocycles. The second kappa shape index (κ2) is 7.31. The smallest absolute Gasteiger partial charge is 0.315 e. The quantitative estimate of drug-likeness (QED) is 0.871. The zero-order chi connectivity index (χ0) is 15.2. The molecule has 1 unspecified atom stereocenters. The highest BCUT2D eigenvalue weighted by Gasteiger charge is 2.30. The number of urea groups is 1. The Hall–Kier alpha value is -1.75. The molecule has 0 aromatic heterocycles. The second-order valence-electron chi connectivity index (χ2n) is 5.12. The highest BCUT2D eigenvalue weighted by atomic mass is 35.5. The van der Waals surface area contributed by atoms with Crippen LogP contribution in [0.1, 0.15) is 18.9 Å². The predicted octanol–water partition coefficient (Wildman–Crippen LogP) is 1.80. The van der Waals surface area contributed by atoms with Crippen molar-refractivity contribution in [2.75, 3.05) is 19.6 Å². The minimum atomic E-state index is -0.216. The van der Waals surface area contributed by atoms with Gasteiger partial charge in [0.2, 0.25) is 5.91 Å². The van der Waals surface area contributed by atoms with E-state index >= 15 is 0 Å². The monoisotopic (exact) mass is 309 g/mol.